The van der Waals surface area contributed by atoms with Crippen LogP contribution in [-0.4, -0.2) is 31.5 Å². The van der Waals surface area contributed by atoms with Crippen molar-refractivity contribution in [2.24, 2.45) is 0 Å². The van der Waals surface area contributed by atoms with Crippen LogP contribution in [0.25, 0.3) is 10.2 Å². The van der Waals surface area contributed by atoms with Gasteiger partial charge in [-0.15, -0.1) is 0 Å². The Morgan fingerprint density at radius 2 is 2.04 bits per heavy atom. The summed E-state index contributed by atoms with van der Waals surface area (Å²) in [6.07, 6.45) is 1.40. The van der Waals surface area contributed by atoms with Gasteiger partial charge in [-0.25, -0.2) is 13.4 Å². The van der Waals surface area contributed by atoms with E-state index in [0.717, 1.165) is 17.5 Å². The van der Waals surface area contributed by atoms with Crippen molar-refractivity contribution in [2.45, 2.75) is 11.3 Å². The van der Waals surface area contributed by atoms with Crippen LogP contribution in [0.4, 0.5) is 10.8 Å². The molecule has 1 aliphatic heterocycles. The van der Waals surface area contributed by atoms with Gasteiger partial charge in [0, 0.05) is 17.5 Å². The predicted octanol–water partition coefficient (Wildman–Crippen LogP) is 2.45. The van der Waals surface area contributed by atoms with Crippen LogP contribution in [0.15, 0.2) is 41.3 Å². The van der Waals surface area contributed by atoms with Crippen molar-refractivity contribution < 1.29 is 18.0 Å². The summed E-state index contributed by atoms with van der Waals surface area (Å²) in [6, 6.07) is 9.67. The van der Waals surface area contributed by atoms with Crippen molar-refractivity contribution in [3.8, 4) is 0 Å². The normalized spacial score (nSPS) is 13.5. The van der Waals surface area contributed by atoms with Gasteiger partial charge in [-0.3, -0.25) is 14.9 Å². The van der Waals surface area contributed by atoms with Gasteiger partial charge in [0.25, 0.3) is 5.91 Å². The zero-order valence-electron chi connectivity index (χ0n) is 13.6. The Morgan fingerprint density at radius 3 is 2.81 bits per heavy atom. The molecule has 0 unspecified atom stereocenters. The predicted molar refractivity (Wildman–Crippen MR) is 99.5 cm³/mol. The van der Waals surface area contributed by atoms with Crippen molar-refractivity contribution in [1.82, 2.24) is 4.98 Å². The second-order valence-corrected chi connectivity index (χ2v) is 9.02. The van der Waals surface area contributed by atoms with E-state index in [-0.39, 0.29) is 23.1 Å². The minimum absolute atomic E-state index is 0.0922. The number of hydrogen-bond donors (Lipinski definition) is 2. The molecule has 0 bridgehead atoms. The van der Waals surface area contributed by atoms with Gasteiger partial charge >= 0.3 is 0 Å². The van der Waals surface area contributed by atoms with E-state index in [4.69, 9.17) is 0 Å². The summed E-state index contributed by atoms with van der Waals surface area (Å²) in [5.41, 5.74) is 2.54. The fourth-order valence-corrected chi connectivity index (χ4v) is 4.35. The fourth-order valence-electron chi connectivity index (χ4n) is 2.73. The van der Waals surface area contributed by atoms with Crippen molar-refractivity contribution in [3.05, 3.63) is 47.5 Å². The topological polar surface area (TPSA) is 105 Å². The molecule has 7 nitrogen and oxygen atoms in total. The van der Waals surface area contributed by atoms with E-state index >= 15 is 0 Å². The first kappa shape index (κ1) is 16.7. The summed E-state index contributed by atoms with van der Waals surface area (Å²) >= 11 is 1.20. The number of hydrogen-bond acceptors (Lipinski definition) is 6. The second-order valence-electron chi connectivity index (χ2n) is 5.97. The molecule has 0 saturated heterocycles. The SMILES string of the molecule is CS(=O)(=O)c1ccc2nc(NC(=O)c3ccc4c(c3)CC(=O)N4)sc2c1. The van der Waals surface area contributed by atoms with Gasteiger partial charge in [-0.2, -0.15) is 0 Å². The lowest BCUT2D eigenvalue weighted by Gasteiger charge is -2.04. The molecule has 2 aromatic carbocycles. The highest BCUT2D eigenvalue weighted by Crippen LogP contribution is 2.29. The minimum Gasteiger partial charge on any atom is -0.326 e. The molecule has 0 spiro atoms. The maximum Gasteiger partial charge on any atom is 0.257 e. The average Bonchev–Trinajstić information content (AvgIpc) is 3.13. The van der Waals surface area contributed by atoms with E-state index < -0.39 is 9.84 Å². The van der Waals surface area contributed by atoms with Gasteiger partial charge in [0.2, 0.25) is 5.91 Å². The van der Waals surface area contributed by atoms with E-state index in [1.807, 2.05) is 0 Å². The number of benzene rings is 2. The maximum atomic E-state index is 12.5. The highest BCUT2D eigenvalue weighted by atomic mass is 32.2. The molecule has 2 amide bonds. The fraction of sp³-hybridized carbons (Fsp3) is 0.118. The number of fused-ring (bicyclic) bond motifs is 2. The van der Waals surface area contributed by atoms with Gasteiger partial charge in [0.05, 0.1) is 21.5 Å². The summed E-state index contributed by atoms with van der Waals surface area (Å²) in [4.78, 5) is 28.4. The number of carbonyl (C=O) groups is 2. The molecule has 3 aromatic rings. The zero-order chi connectivity index (χ0) is 18.5. The molecule has 1 aromatic heterocycles. The number of aromatic nitrogens is 1. The number of anilines is 2. The van der Waals surface area contributed by atoms with Crippen LogP contribution in [0, 0.1) is 0 Å². The van der Waals surface area contributed by atoms with Crippen molar-refractivity contribution in [2.75, 3.05) is 16.9 Å². The molecule has 0 aliphatic carbocycles. The van der Waals surface area contributed by atoms with Crippen LogP contribution in [0.5, 0.6) is 0 Å². The second kappa shape index (κ2) is 5.89. The number of carbonyl (C=O) groups excluding carboxylic acids is 2. The highest BCUT2D eigenvalue weighted by molar-refractivity contribution is 7.90. The lowest BCUT2D eigenvalue weighted by molar-refractivity contribution is -0.115. The van der Waals surface area contributed by atoms with Crippen LogP contribution in [-0.2, 0) is 21.1 Å². The van der Waals surface area contributed by atoms with Gasteiger partial charge in [-0.1, -0.05) is 11.3 Å². The first-order valence-electron chi connectivity index (χ1n) is 7.64. The Hall–Kier alpha value is -2.78. The van der Waals surface area contributed by atoms with E-state index in [2.05, 4.69) is 15.6 Å². The molecule has 2 N–H and O–H groups in total. The van der Waals surface area contributed by atoms with Crippen molar-refractivity contribution >= 4 is 54.0 Å². The standard InChI is InChI=1S/C17H13N3O4S2/c1-26(23,24)11-3-5-13-14(8-11)25-17(19-13)20-16(22)9-2-4-12-10(6-9)7-15(21)18-12/h2-6,8H,7H2,1H3,(H,18,21)(H,19,20,22). The van der Waals surface area contributed by atoms with Crippen molar-refractivity contribution in [1.29, 1.82) is 0 Å². The lowest BCUT2D eigenvalue weighted by atomic mass is 10.1. The van der Waals surface area contributed by atoms with Crippen LogP contribution < -0.4 is 10.6 Å². The smallest absolute Gasteiger partial charge is 0.257 e. The molecule has 0 radical (unpaired) electrons. The number of nitrogens with one attached hydrogen (secondary N) is 2. The van der Waals surface area contributed by atoms with Crippen molar-refractivity contribution in [3.63, 3.8) is 0 Å². The summed E-state index contributed by atoms with van der Waals surface area (Å²) in [7, 11) is -3.30. The number of nitrogens with zero attached hydrogens (tertiary/aromatic N) is 1. The Balaban J connectivity index is 1.60. The summed E-state index contributed by atoms with van der Waals surface area (Å²) < 4.78 is 24.0. The van der Waals surface area contributed by atoms with E-state index in [1.165, 1.54) is 17.4 Å². The quantitative estimate of drug-likeness (QED) is 0.718. The highest BCUT2D eigenvalue weighted by Gasteiger charge is 2.19. The molecular weight excluding hydrogens is 374 g/mol. The summed E-state index contributed by atoms with van der Waals surface area (Å²) in [5.74, 6) is -0.431. The van der Waals surface area contributed by atoms with Gasteiger partial charge in [0.15, 0.2) is 15.0 Å². The van der Waals surface area contributed by atoms with Crippen LogP contribution in [0.2, 0.25) is 0 Å². The molecule has 2 heterocycles. The molecule has 0 fully saturated rings. The average molecular weight is 387 g/mol. The first-order chi connectivity index (χ1) is 12.3. The maximum absolute atomic E-state index is 12.5. The van der Waals surface area contributed by atoms with E-state index in [9.17, 15) is 18.0 Å². The van der Waals surface area contributed by atoms with E-state index in [1.54, 1.807) is 30.3 Å². The van der Waals surface area contributed by atoms with Crippen LogP contribution in [0.3, 0.4) is 0 Å². The largest absolute Gasteiger partial charge is 0.326 e. The van der Waals surface area contributed by atoms with Crippen LogP contribution in [0.1, 0.15) is 15.9 Å². The number of rotatable bonds is 3. The Bertz CT molecular complexity index is 1180. The minimum atomic E-state index is -3.30. The first-order valence-corrected chi connectivity index (χ1v) is 10.4. The lowest BCUT2D eigenvalue weighted by Crippen LogP contribution is -2.11. The Kier molecular flexibility index (Phi) is 3.78. The third kappa shape index (κ3) is 3.06. The third-order valence-corrected chi connectivity index (χ3v) is 6.04. The summed E-state index contributed by atoms with van der Waals surface area (Å²) in [6.45, 7) is 0. The van der Waals surface area contributed by atoms with Gasteiger partial charge in [-0.05, 0) is 42.0 Å². The van der Waals surface area contributed by atoms with E-state index in [0.29, 0.717) is 20.9 Å². The number of sulfone groups is 1. The monoisotopic (exact) mass is 387 g/mol. The molecule has 0 saturated carbocycles. The molecule has 4 rings (SSSR count). The summed E-state index contributed by atoms with van der Waals surface area (Å²) in [5, 5.41) is 5.82. The molecular formula is C17H13N3O4S2. The Labute approximate surface area is 153 Å². The molecule has 26 heavy (non-hydrogen) atoms. The van der Waals surface area contributed by atoms with Gasteiger partial charge < -0.3 is 5.32 Å². The van der Waals surface area contributed by atoms with Gasteiger partial charge in [0.1, 0.15) is 0 Å². The molecule has 1 aliphatic rings. The third-order valence-electron chi connectivity index (χ3n) is 4.00. The molecule has 132 valence electrons. The number of amides is 2. The molecule has 0 atom stereocenters. The molecule has 9 heteroatoms. The zero-order valence-corrected chi connectivity index (χ0v) is 15.2. The number of thiazole rings is 1. The van der Waals surface area contributed by atoms with Crippen LogP contribution >= 0.6 is 11.3 Å². The Morgan fingerprint density at radius 1 is 1.23 bits per heavy atom.